The summed E-state index contributed by atoms with van der Waals surface area (Å²) in [6.45, 7) is 0.182. The molecule has 1 aliphatic rings. The van der Waals surface area contributed by atoms with Crippen molar-refractivity contribution >= 4 is 46.2 Å². The standard InChI is InChI=1S/C21H14Cl2N2O2/c22-17-11-10-14(12-18(17)23)13-27-24-20-16-8-4-5-9-19(16)25(21(20)26)15-6-2-1-3-7-15/h1-12H,13H2/b24-20+. The molecule has 0 saturated heterocycles. The molecule has 3 aromatic rings. The zero-order chi connectivity index (χ0) is 18.8. The number of hydrogen-bond acceptors (Lipinski definition) is 3. The lowest BCUT2D eigenvalue weighted by molar-refractivity contribution is -0.111. The SMILES string of the molecule is O=C1/C(=N/OCc2ccc(Cl)c(Cl)c2)c2ccccc2N1c1ccccc1. The van der Waals surface area contributed by atoms with Crippen LogP contribution in [0.4, 0.5) is 11.4 Å². The number of carbonyl (C=O) groups is 1. The van der Waals surface area contributed by atoms with E-state index in [1.54, 1.807) is 23.1 Å². The van der Waals surface area contributed by atoms with Gasteiger partial charge in [0, 0.05) is 11.3 Å². The molecule has 0 bridgehead atoms. The predicted octanol–water partition coefficient (Wildman–Crippen LogP) is 5.59. The quantitative estimate of drug-likeness (QED) is 0.539. The molecule has 134 valence electrons. The molecule has 0 fully saturated rings. The zero-order valence-electron chi connectivity index (χ0n) is 14.1. The Labute approximate surface area is 166 Å². The summed E-state index contributed by atoms with van der Waals surface area (Å²) in [5, 5.41) is 5.04. The van der Waals surface area contributed by atoms with Crippen LogP contribution >= 0.6 is 23.2 Å². The van der Waals surface area contributed by atoms with Gasteiger partial charge in [-0.2, -0.15) is 0 Å². The second-order valence-corrected chi connectivity index (χ2v) is 6.77. The molecule has 0 atom stereocenters. The smallest absolute Gasteiger partial charge is 0.285 e. The molecule has 0 saturated carbocycles. The molecular formula is C21H14Cl2N2O2. The van der Waals surface area contributed by atoms with Gasteiger partial charge in [-0.15, -0.1) is 0 Å². The maximum atomic E-state index is 13.0. The van der Waals surface area contributed by atoms with Crippen LogP contribution in [-0.2, 0) is 16.2 Å². The highest BCUT2D eigenvalue weighted by molar-refractivity contribution is 6.55. The lowest BCUT2D eigenvalue weighted by atomic mass is 10.1. The number of anilines is 2. The maximum absolute atomic E-state index is 13.0. The molecule has 0 unspecified atom stereocenters. The first-order valence-corrected chi connectivity index (χ1v) is 9.03. The fraction of sp³-hybridized carbons (Fsp3) is 0.0476. The van der Waals surface area contributed by atoms with Gasteiger partial charge in [-0.3, -0.25) is 9.69 Å². The van der Waals surface area contributed by atoms with Gasteiger partial charge in [-0.1, -0.05) is 70.8 Å². The molecular weight excluding hydrogens is 383 g/mol. The maximum Gasteiger partial charge on any atom is 0.285 e. The number of nitrogens with zero attached hydrogens (tertiary/aromatic N) is 2. The van der Waals surface area contributed by atoms with Crippen LogP contribution in [0.15, 0.2) is 78.0 Å². The second kappa shape index (κ2) is 7.43. The first-order chi connectivity index (χ1) is 13.1. The van der Waals surface area contributed by atoms with E-state index in [-0.39, 0.29) is 18.2 Å². The van der Waals surface area contributed by atoms with Crippen molar-refractivity contribution in [3.8, 4) is 0 Å². The van der Waals surface area contributed by atoms with Gasteiger partial charge in [0.15, 0.2) is 5.71 Å². The lowest BCUT2D eigenvalue weighted by Gasteiger charge is -2.16. The minimum absolute atomic E-state index is 0.182. The highest BCUT2D eigenvalue weighted by Gasteiger charge is 2.35. The lowest BCUT2D eigenvalue weighted by Crippen LogP contribution is -2.25. The molecule has 27 heavy (non-hydrogen) atoms. The molecule has 0 spiro atoms. The van der Waals surface area contributed by atoms with E-state index in [2.05, 4.69) is 5.16 Å². The van der Waals surface area contributed by atoms with Gasteiger partial charge < -0.3 is 4.84 Å². The molecule has 1 amide bonds. The van der Waals surface area contributed by atoms with Crippen molar-refractivity contribution in [2.45, 2.75) is 6.61 Å². The number of benzene rings is 3. The van der Waals surface area contributed by atoms with Gasteiger partial charge in [0.2, 0.25) is 0 Å². The van der Waals surface area contributed by atoms with Crippen LogP contribution in [0, 0.1) is 0 Å². The van der Waals surface area contributed by atoms with E-state index >= 15 is 0 Å². The number of para-hydroxylation sites is 2. The number of amides is 1. The Morgan fingerprint density at radius 1 is 0.889 bits per heavy atom. The Kier molecular flexibility index (Phi) is 4.84. The van der Waals surface area contributed by atoms with Crippen LogP contribution < -0.4 is 4.90 Å². The van der Waals surface area contributed by atoms with Crippen molar-refractivity contribution in [2.24, 2.45) is 5.16 Å². The third-order valence-corrected chi connectivity index (χ3v) is 4.93. The largest absolute Gasteiger partial charge is 0.390 e. The third-order valence-electron chi connectivity index (χ3n) is 4.19. The normalized spacial score (nSPS) is 14.5. The molecule has 6 heteroatoms. The van der Waals surface area contributed by atoms with Crippen molar-refractivity contribution in [3.05, 3.63) is 94.0 Å². The van der Waals surface area contributed by atoms with Crippen LogP contribution in [0.2, 0.25) is 10.0 Å². The van der Waals surface area contributed by atoms with Crippen LogP contribution in [0.25, 0.3) is 0 Å². The number of carbonyl (C=O) groups excluding carboxylic acids is 1. The zero-order valence-corrected chi connectivity index (χ0v) is 15.6. The summed E-state index contributed by atoms with van der Waals surface area (Å²) in [7, 11) is 0. The van der Waals surface area contributed by atoms with Crippen molar-refractivity contribution in [1.82, 2.24) is 0 Å². The first-order valence-electron chi connectivity index (χ1n) is 8.28. The third kappa shape index (κ3) is 3.42. The Bertz CT molecular complexity index is 1040. The molecule has 4 rings (SSSR count). The van der Waals surface area contributed by atoms with Gasteiger partial charge in [-0.25, -0.2) is 0 Å². The molecule has 0 aliphatic carbocycles. The van der Waals surface area contributed by atoms with E-state index in [0.717, 1.165) is 22.5 Å². The minimum Gasteiger partial charge on any atom is -0.390 e. The molecule has 0 radical (unpaired) electrons. The summed E-state index contributed by atoms with van der Waals surface area (Å²) in [5.41, 5.74) is 3.39. The van der Waals surface area contributed by atoms with Gasteiger partial charge in [0.05, 0.1) is 15.7 Å². The van der Waals surface area contributed by atoms with E-state index in [1.165, 1.54) is 0 Å². The summed E-state index contributed by atoms with van der Waals surface area (Å²) in [6.07, 6.45) is 0. The van der Waals surface area contributed by atoms with E-state index in [0.29, 0.717) is 10.0 Å². The number of rotatable bonds is 4. The van der Waals surface area contributed by atoms with Gasteiger partial charge in [-0.05, 0) is 35.9 Å². The van der Waals surface area contributed by atoms with Crippen molar-refractivity contribution in [3.63, 3.8) is 0 Å². The van der Waals surface area contributed by atoms with E-state index in [9.17, 15) is 4.79 Å². The first kappa shape index (κ1) is 17.6. The second-order valence-electron chi connectivity index (χ2n) is 5.96. The van der Waals surface area contributed by atoms with E-state index in [4.69, 9.17) is 28.0 Å². The topological polar surface area (TPSA) is 41.9 Å². The highest BCUT2D eigenvalue weighted by atomic mass is 35.5. The van der Waals surface area contributed by atoms with E-state index in [1.807, 2.05) is 54.6 Å². The molecule has 0 aromatic heterocycles. The van der Waals surface area contributed by atoms with Crippen molar-refractivity contribution in [1.29, 1.82) is 0 Å². The number of hydrogen-bond donors (Lipinski definition) is 0. The number of oxime groups is 1. The van der Waals surface area contributed by atoms with Gasteiger partial charge >= 0.3 is 0 Å². The van der Waals surface area contributed by atoms with Crippen molar-refractivity contribution < 1.29 is 9.63 Å². The number of fused-ring (bicyclic) bond motifs is 1. The van der Waals surface area contributed by atoms with Crippen molar-refractivity contribution in [2.75, 3.05) is 4.90 Å². The summed E-state index contributed by atoms with van der Waals surface area (Å²) in [4.78, 5) is 20.1. The fourth-order valence-corrected chi connectivity index (χ4v) is 3.24. The predicted molar refractivity (Wildman–Crippen MR) is 108 cm³/mol. The molecule has 4 nitrogen and oxygen atoms in total. The Balaban J connectivity index is 1.62. The molecule has 3 aromatic carbocycles. The monoisotopic (exact) mass is 396 g/mol. The molecule has 1 aliphatic heterocycles. The van der Waals surface area contributed by atoms with Crippen LogP contribution in [0.1, 0.15) is 11.1 Å². The fourth-order valence-electron chi connectivity index (χ4n) is 2.92. The average molecular weight is 397 g/mol. The van der Waals surface area contributed by atoms with Crippen LogP contribution in [0.5, 0.6) is 0 Å². The highest BCUT2D eigenvalue weighted by Crippen LogP contribution is 2.35. The summed E-state index contributed by atoms with van der Waals surface area (Å²) < 4.78 is 0. The minimum atomic E-state index is -0.225. The Hall–Kier alpha value is -2.82. The van der Waals surface area contributed by atoms with E-state index < -0.39 is 0 Å². The molecule has 0 N–H and O–H groups in total. The average Bonchev–Trinajstić information content (AvgIpc) is 2.97. The summed E-state index contributed by atoms with van der Waals surface area (Å²) in [5.74, 6) is -0.225. The van der Waals surface area contributed by atoms with Gasteiger partial charge in [0.1, 0.15) is 6.61 Å². The van der Waals surface area contributed by atoms with Crippen LogP contribution in [0.3, 0.4) is 0 Å². The summed E-state index contributed by atoms with van der Waals surface area (Å²) >= 11 is 11.9. The number of halogens is 2. The Morgan fingerprint density at radius 3 is 2.41 bits per heavy atom. The van der Waals surface area contributed by atoms with Crippen LogP contribution in [-0.4, -0.2) is 11.6 Å². The molecule has 1 heterocycles. The van der Waals surface area contributed by atoms with Gasteiger partial charge in [0.25, 0.3) is 5.91 Å². The Morgan fingerprint density at radius 2 is 1.63 bits per heavy atom. The summed E-state index contributed by atoms with van der Waals surface area (Å²) in [6, 6.07) is 22.2.